The van der Waals surface area contributed by atoms with Crippen molar-refractivity contribution < 1.29 is 14.0 Å². The van der Waals surface area contributed by atoms with Gasteiger partial charge in [-0.3, -0.25) is 9.59 Å². The molecule has 1 amide bonds. The molecule has 7 heteroatoms. The third-order valence-electron chi connectivity index (χ3n) is 4.36. The molecule has 31 heavy (non-hydrogen) atoms. The molecule has 3 aromatic carbocycles. The number of carbonyl (C=O) groups is 2. The van der Waals surface area contributed by atoms with Crippen LogP contribution in [0, 0.1) is 5.82 Å². The first-order valence-electron chi connectivity index (χ1n) is 9.43. The summed E-state index contributed by atoms with van der Waals surface area (Å²) in [5.74, 6) is -0.442. The highest BCUT2D eigenvalue weighted by atomic mass is 32.2. The molecule has 0 unspecified atom stereocenters. The number of fused-ring (bicyclic) bond motifs is 1. The summed E-state index contributed by atoms with van der Waals surface area (Å²) in [5, 5.41) is 2.85. The number of ketones is 1. The zero-order valence-corrected chi connectivity index (χ0v) is 17.9. The molecule has 4 nitrogen and oxygen atoms in total. The van der Waals surface area contributed by atoms with E-state index < -0.39 is 0 Å². The first-order valence-corrected chi connectivity index (χ1v) is 11.2. The predicted octanol–water partition coefficient (Wildman–Crippen LogP) is 6.06. The third-order valence-corrected chi connectivity index (χ3v) is 6.52. The van der Waals surface area contributed by atoms with Crippen LogP contribution < -0.4 is 5.32 Å². The maximum Gasteiger partial charge on any atom is 0.248 e. The van der Waals surface area contributed by atoms with Crippen molar-refractivity contribution in [1.29, 1.82) is 0 Å². The normalized spacial score (nSPS) is 11.1. The van der Waals surface area contributed by atoms with Crippen LogP contribution in [-0.2, 0) is 4.79 Å². The second-order valence-corrected chi connectivity index (χ2v) is 8.87. The average Bonchev–Trinajstić information content (AvgIpc) is 3.19. The Hall–Kier alpha value is -3.29. The van der Waals surface area contributed by atoms with Crippen molar-refractivity contribution in [3.63, 3.8) is 0 Å². The van der Waals surface area contributed by atoms with E-state index in [0.29, 0.717) is 11.3 Å². The molecule has 0 saturated carbocycles. The van der Waals surface area contributed by atoms with Gasteiger partial charge < -0.3 is 5.32 Å². The number of benzene rings is 3. The first-order chi connectivity index (χ1) is 15.1. The van der Waals surface area contributed by atoms with Crippen LogP contribution in [0.3, 0.4) is 0 Å². The zero-order chi connectivity index (χ0) is 21.6. The van der Waals surface area contributed by atoms with Crippen LogP contribution in [0.5, 0.6) is 0 Å². The largest absolute Gasteiger partial charge is 0.322 e. The van der Waals surface area contributed by atoms with Gasteiger partial charge in [-0.05, 0) is 54.1 Å². The SMILES string of the molecule is O=C(/C=C/c1ccccc1)Nc1ccc2nc(SCC(=O)c3ccc(F)cc3)sc2c1. The van der Waals surface area contributed by atoms with Gasteiger partial charge in [-0.25, -0.2) is 9.37 Å². The number of hydrogen-bond donors (Lipinski definition) is 1. The van der Waals surface area contributed by atoms with Crippen molar-refractivity contribution in [1.82, 2.24) is 4.98 Å². The Balaban J connectivity index is 1.38. The van der Waals surface area contributed by atoms with Gasteiger partial charge >= 0.3 is 0 Å². The van der Waals surface area contributed by atoms with Crippen molar-refractivity contribution in [2.45, 2.75) is 4.34 Å². The fourth-order valence-corrected chi connectivity index (χ4v) is 4.81. The van der Waals surface area contributed by atoms with Gasteiger partial charge in [-0.2, -0.15) is 0 Å². The van der Waals surface area contributed by atoms with Crippen molar-refractivity contribution in [3.05, 3.63) is 95.8 Å². The molecule has 1 aromatic heterocycles. The van der Waals surface area contributed by atoms with Crippen molar-refractivity contribution >= 4 is 56.8 Å². The second kappa shape index (κ2) is 9.68. The van der Waals surface area contributed by atoms with Crippen molar-refractivity contribution in [2.24, 2.45) is 0 Å². The molecule has 4 rings (SSSR count). The van der Waals surface area contributed by atoms with E-state index in [0.717, 1.165) is 20.1 Å². The summed E-state index contributed by atoms with van der Waals surface area (Å²) >= 11 is 2.80. The number of nitrogens with one attached hydrogen (secondary N) is 1. The van der Waals surface area contributed by atoms with Gasteiger partial charge in [-0.15, -0.1) is 11.3 Å². The average molecular weight is 449 g/mol. The number of thioether (sulfide) groups is 1. The molecule has 1 heterocycles. The van der Waals surface area contributed by atoms with E-state index in [9.17, 15) is 14.0 Å². The molecule has 154 valence electrons. The van der Waals surface area contributed by atoms with E-state index in [1.807, 2.05) is 42.5 Å². The van der Waals surface area contributed by atoms with Crippen LogP contribution in [-0.4, -0.2) is 22.4 Å². The standard InChI is InChI=1S/C24H17FN2O2S2/c25-18-9-7-17(8-10-18)21(28)15-30-24-27-20-12-11-19(14-22(20)31-24)26-23(29)13-6-16-4-2-1-3-5-16/h1-14H,15H2,(H,26,29)/b13-6+. The summed E-state index contributed by atoms with van der Waals surface area (Å²) in [7, 11) is 0. The minimum Gasteiger partial charge on any atom is -0.322 e. The van der Waals surface area contributed by atoms with Gasteiger partial charge in [0.05, 0.1) is 16.0 Å². The highest BCUT2D eigenvalue weighted by molar-refractivity contribution is 8.01. The quantitative estimate of drug-likeness (QED) is 0.212. The minimum absolute atomic E-state index is 0.0811. The highest BCUT2D eigenvalue weighted by Crippen LogP contribution is 2.31. The number of thiazole rings is 1. The molecule has 0 atom stereocenters. The van der Waals surface area contributed by atoms with Gasteiger partial charge in [-0.1, -0.05) is 42.1 Å². The van der Waals surface area contributed by atoms with E-state index in [1.54, 1.807) is 12.1 Å². The summed E-state index contributed by atoms with van der Waals surface area (Å²) in [6, 6.07) is 20.6. The highest BCUT2D eigenvalue weighted by Gasteiger charge is 2.11. The predicted molar refractivity (Wildman–Crippen MR) is 125 cm³/mol. The maximum atomic E-state index is 13.0. The Morgan fingerprint density at radius 3 is 2.58 bits per heavy atom. The maximum absolute atomic E-state index is 13.0. The molecule has 0 fully saturated rings. The monoisotopic (exact) mass is 448 g/mol. The lowest BCUT2D eigenvalue weighted by atomic mass is 10.1. The molecular weight excluding hydrogens is 431 g/mol. The first kappa shape index (κ1) is 21.0. The van der Waals surface area contributed by atoms with Gasteiger partial charge in [0, 0.05) is 17.3 Å². The van der Waals surface area contributed by atoms with Gasteiger partial charge in [0.25, 0.3) is 0 Å². The molecule has 0 aliphatic rings. The van der Waals surface area contributed by atoms with Crippen LogP contribution in [0.25, 0.3) is 16.3 Å². The van der Waals surface area contributed by atoms with E-state index >= 15 is 0 Å². The minimum atomic E-state index is -0.367. The summed E-state index contributed by atoms with van der Waals surface area (Å²) in [4.78, 5) is 29.0. The van der Waals surface area contributed by atoms with E-state index in [2.05, 4.69) is 10.3 Å². The Morgan fingerprint density at radius 2 is 1.81 bits per heavy atom. The van der Waals surface area contributed by atoms with Crippen LogP contribution in [0.1, 0.15) is 15.9 Å². The number of carbonyl (C=O) groups excluding carboxylic acids is 2. The number of amides is 1. The lowest BCUT2D eigenvalue weighted by molar-refractivity contribution is -0.111. The molecule has 0 bridgehead atoms. The van der Waals surface area contributed by atoms with E-state index in [-0.39, 0.29) is 23.3 Å². The summed E-state index contributed by atoms with van der Waals surface area (Å²) in [5.41, 5.74) is 2.91. The van der Waals surface area contributed by atoms with Crippen molar-refractivity contribution in [2.75, 3.05) is 11.1 Å². The molecule has 0 aliphatic carbocycles. The summed E-state index contributed by atoms with van der Waals surface area (Å²) in [6.45, 7) is 0. The smallest absolute Gasteiger partial charge is 0.248 e. The number of rotatable bonds is 7. The number of hydrogen-bond acceptors (Lipinski definition) is 5. The topological polar surface area (TPSA) is 59.1 Å². The lowest BCUT2D eigenvalue weighted by Crippen LogP contribution is -2.07. The number of nitrogens with zero attached hydrogens (tertiary/aromatic N) is 1. The number of aromatic nitrogens is 1. The lowest BCUT2D eigenvalue weighted by Gasteiger charge is -2.01. The van der Waals surface area contributed by atoms with Crippen LogP contribution in [0.4, 0.5) is 10.1 Å². The molecule has 0 aliphatic heterocycles. The molecular formula is C24H17FN2O2S2. The Kier molecular flexibility index (Phi) is 6.54. The number of anilines is 1. The number of halogens is 1. The number of Topliss-reactive ketones (excluding diaryl/α,β-unsaturated/α-hetero) is 1. The summed E-state index contributed by atoms with van der Waals surface area (Å²) < 4.78 is 14.7. The van der Waals surface area contributed by atoms with Crippen LogP contribution in [0.2, 0.25) is 0 Å². The molecule has 4 aromatic rings. The fourth-order valence-electron chi connectivity index (χ4n) is 2.81. The van der Waals surface area contributed by atoms with Crippen molar-refractivity contribution in [3.8, 4) is 0 Å². The Bertz CT molecular complexity index is 1250. The second-order valence-electron chi connectivity index (χ2n) is 6.61. The van der Waals surface area contributed by atoms with Crippen LogP contribution in [0.15, 0.2) is 83.2 Å². The molecule has 0 saturated heterocycles. The van der Waals surface area contributed by atoms with E-state index in [4.69, 9.17) is 0 Å². The fraction of sp³-hybridized carbons (Fsp3) is 0.0417. The molecule has 0 radical (unpaired) electrons. The van der Waals surface area contributed by atoms with Crippen LogP contribution >= 0.6 is 23.1 Å². The molecule has 0 spiro atoms. The Morgan fingerprint density at radius 1 is 1.03 bits per heavy atom. The summed E-state index contributed by atoms with van der Waals surface area (Å²) in [6.07, 6.45) is 3.25. The van der Waals surface area contributed by atoms with Gasteiger partial charge in [0.15, 0.2) is 10.1 Å². The van der Waals surface area contributed by atoms with E-state index in [1.165, 1.54) is 53.4 Å². The Labute approximate surface area is 186 Å². The third kappa shape index (κ3) is 5.65. The zero-order valence-electron chi connectivity index (χ0n) is 16.2. The van der Waals surface area contributed by atoms with Gasteiger partial charge in [0.1, 0.15) is 5.82 Å². The van der Waals surface area contributed by atoms with Gasteiger partial charge in [0.2, 0.25) is 5.91 Å². The molecule has 1 N–H and O–H groups in total.